The lowest BCUT2D eigenvalue weighted by Crippen LogP contribution is -2.40. The quantitative estimate of drug-likeness (QED) is 0.811. The van der Waals surface area contributed by atoms with E-state index in [9.17, 15) is 9.59 Å². The highest BCUT2D eigenvalue weighted by Gasteiger charge is 2.13. The fourth-order valence-electron chi connectivity index (χ4n) is 1.97. The Morgan fingerprint density at radius 3 is 2.45 bits per heavy atom. The molecule has 0 aliphatic rings. The third-order valence-corrected chi connectivity index (χ3v) is 3.25. The molecule has 0 bridgehead atoms. The number of hydrogen-bond donors (Lipinski definition) is 2. The molecule has 0 aromatic heterocycles. The Labute approximate surface area is 120 Å². The molecule has 2 amide bonds. The van der Waals surface area contributed by atoms with Gasteiger partial charge in [0.15, 0.2) is 0 Å². The Hall–Kier alpha value is -1.88. The van der Waals surface area contributed by atoms with Gasteiger partial charge in [-0.1, -0.05) is 18.2 Å². The van der Waals surface area contributed by atoms with Gasteiger partial charge >= 0.3 is 0 Å². The number of rotatable bonds is 6. The molecule has 0 radical (unpaired) electrons. The summed E-state index contributed by atoms with van der Waals surface area (Å²) in [6.45, 7) is 6.27. The Morgan fingerprint density at radius 1 is 1.25 bits per heavy atom. The van der Waals surface area contributed by atoms with Crippen molar-refractivity contribution in [1.29, 1.82) is 0 Å². The summed E-state index contributed by atoms with van der Waals surface area (Å²) in [6, 6.07) is 6.07. The molecule has 0 aliphatic carbocycles. The summed E-state index contributed by atoms with van der Waals surface area (Å²) in [7, 11) is 1.69. The summed E-state index contributed by atoms with van der Waals surface area (Å²) in [5, 5.41) is 2.91. The predicted octanol–water partition coefficient (Wildman–Crippen LogP) is 0.898. The molecule has 0 saturated carbocycles. The van der Waals surface area contributed by atoms with E-state index in [4.69, 9.17) is 5.73 Å². The highest BCUT2D eigenvalue weighted by molar-refractivity contribution is 5.80. The van der Waals surface area contributed by atoms with Crippen LogP contribution < -0.4 is 11.1 Å². The third-order valence-electron chi connectivity index (χ3n) is 3.25. The number of carbonyl (C=O) groups is 2. The second kappa shape index (κ2) is 7.05. The normalized spacial score (nSPS) is 12.2. The van der Waals surface area contributed by atoms with Crippen molar-refractivity contribution in [3.05, 3.63) is 34.9 Å². The lowest BCUT2D eigenvalue weighted by Gasteiger charge is -2.18. The van der Waals surface area contributed by atoms with Crippen molar-refractivity contribution in [1.82, 2.24) is 10.2 Å². The molecular weight excluding hydrogens is 254 g/mol. The van der Waals surface area contributed by atoms with E-state index in [-0.39, 0.29) is 25.0 Å². The summed E-state index contributed by atoms with van der Waals surface area (Å²) in [5.74, 6) is -0.568. The fraction of sp³-hybridized carbons (Fsp3) is 0.467. The predicted molar refractivity (Wildman–Crippen MR) is 79.2 cm³/mol. The van der Waals surface area contributed by atoms with E-state index < -0.39 is 5.91 Å². The van der Waals surface area contributed by atoms with Gasteiger partial charge in [0.2, 0.25) is 11.8 Å². The number of carbonyl (C=O) groups excluding carboxylic acids is 2. The van der Waals surface area contributed by atoms with Crippen molar-refractivity contribution in [2.75, 3.05) is 20.1 Å². The van der Waals surface area contributed by atoms with Crippen LogP contribution in [0.4, 0.5) is 0 Å². The summed E-state index contributed by atoms with van der Waals surface area (Å²) in [6.07, 6.45) is 0. The number of likely N-dealkylation sites (N-methyl/N-ethyl adjacent to an activating group) is 1. The topological polar surface area (TPSA) is 75.4 Å². The van der Waals surface area contributed by atoms with Gasteiger partial charge in [-0.15, -0.1) is 0 Å². The van der Waals surface area contributed by atoms with Crippen LogP contribution in [0.1, 0.15) is 29.7 Å². The molecule has 1 aromatic carbocycles. The molecule has 0 heterocycles. The molecule has 3 N–H and O–H groups in total. The highest BCUT2D eigenvalue weighted by Crippen LogP contribution is 2.16. The average molecular weight is 277 g/mol. The first-order valence-electron chi connectivity index (χ1n) is 6.63. The van der Waals surface area contributed by atoms with Crippen LogP contribution in [0.15, 0.2) is 18.2 Å². The molecule has 20 heavy (non-hydrogen) atoms. The molecule has 1 unspecified atom stereocenters. The first kappa shape index (κ1) is 16.2. The smallest absolute Gasteiger partial charge is 0.234 e. The average Bonchev–Trinajstić information content (AvgIpc) is 2.30. The number of benzene rings is 1. The van der Waals surface area contributed by atoms with E-state index in [2.05, 4.69) is 18.3 Å². The van der Waals surface area contributed by atoms with Crippen LogP contribution >= 0.6 is 0 Å². The Bertz CT molecular complexity index is 500. The molecule has 0 spiro atoms. The zero-order valence-electron chi connectivity index (χ0n) is 12.6. The minimum absolute atomic E-state index is 0.0659. The minimum Gasteiger partial charge on any atom is -0.369 e. The largest absolute Gasteiger partial charge is 0.369 e. The molecule has 0 aliphatic heterocycles. The second-order valence-electron chi connectivity index (χ2n) is 5.27. The maximum atomic E-state index is 11.9. The summed E-state index contributed by atoms with van der Waals surface area (Å²) >= 11 is 0. The van der Waals surface area contributed by atoms with Gasteiger partial charge in [-0.2, -0.15) is 0 Å². The molecule has 1 atom stereocenters. The van der Waals surface area contributed by atoms with E-state index in [1.54, 1.807) is 11.9 Å². The minimum atomic E-state index is -0.442. The maximum absolute atomic E-state index is 11.9. The monoisotopic (exact) mass is 277 g/mol. The van der Waals surface area contributed by atoms with Gasteiger partial charge in [-0.3, -0.25) is 14.5 Å². The van der Waals surface area contributed by atoms with Gasteiger partial charge < -0.3 is 11.1 Å². The van der Waals surface area contributed by atoms with Gasteiger partial charge in [0, 0.05) is 0 Å². The molecule has 1 aromatic rings. The molecule has 5 nitrogen and oxygen atoms in total. The molecule has 0 fully saturated rings. The van der Waals surface area contributed by atoms with Crippen molar-refractivity contribution in [2.24, 2.45) is 5.73 Å². The molecule has 110 valence electrons. The number of primary amides is 1. The van der Waals surface area contributed by atoms with E-state index >= 15 is 0 Å². The van der Waals surface area contributed by atoms with Crippen LogP contribution in [-0.2, 0) is 9.59 Å². The van der Waals surface area contributed by atoms with Crippen molar-refractivity contribution in [2.45, 2.75) is 26.8 Å². The number of nitrogens with two attached hydrogens (primary N) is 1. The zero-order chi connectivity index (χ0) is 15.3. The molecular formula is C15H23N3O2. The van der Waals surface area contributed by atoms with Crippen molar-refractivity contribution < 1.29 is 9.59 Å². The number of amides is 2. The van der Waals surface area contributed by atoms with Crippen LogP contribution in [0, 0.1) is 13.8 Å². The lowest BCUT2D eigenvalue weighted by molar-refractivity contribution is -0.123. The van der Waals surface area contributed by atoms with Gasteiger partial charge in [0.1, 0.15) is 0 Å². The first-order chi connectivity index (χ1) is 9.29. The van der Waals surface area contributed by atoms with Crippen molar-refractivity contribution in [3.63, 3.8) is 0 Å². The van der Waals surface area contributed by atoms with Gasteiger partial charge in [0.25, 0.3) is 0 Å². The van der Waals surface area contributed by atoms with Gasteiger partial charge in [0.05, 0.1) is 19.1 Å². The van der Waals surface area contributed by atoms with Crippen LogP contribution in [0.25, 0.3) is 0 Å². The van der Waals surface area contributed by atoms with E-state index in [0.29, 0.717) is 0 Å². The van der Waals surface area contributed by atoms with Crippen LogP contribution in [-0.4, -0.2) is 36.9 Å². The summed E-state index contributed by atoms with van der Waals surface area (Å²) in [4.78, 5) is 24.2. The third kappa shape index (κ3) is 5.01. The lowest BCUT2D eigenvalue weighted by atomic mass is 10.0. The van der Waals surface area contributed by atoms with Crippen LogP contribution in [0.5, 0.6) is 0 Å². The van der Waals surface area contributed by atoms with Gasteiger partial charge in [-0.25, -0.2) is 0 Å². The second-order valence-corrected chi connectivity index (χ2v) is 5.27. The van der Waals surface area contributed by atoms with E-state index in [0.717, 1.165) is 5.56 Å². The number of nitrogens with one attached hydrogen (secondary N) is 1. The Balaban J connectivity index is 2.56. The number of aryl methyl sites for hydroxylation is 2. The van der Waals surface area contributed by atoms with Gasteiger partial charge in [-0.05, 0) is 44.5 Å². The van der Waals surface area contributed by atoms with Crippen LogP contribution in [0.3, 0.4) is 0 Å². The van der Waals surface area contributed by atoms with E-state index in [1.165, 1.54) is 11.1 Å². The number of nitrogens with zero attached hydrogens (tertiary/aromatic N) is 1. The highest BCUT2D eigenvalue weighted by atomic mass is 16.2. The Morgan fingerprint density at radius 2 is 1.90 bits per heavy atom. The number of hydrogen-bond acceptors (Lipinski definition) is 3. The Kier molecular flexibility index (Phi) is 5.70. The zero-order valence-corrected chi connectivity index (χ0v) is 12.6. The standard InChI is InChI=1S/C15H23N3O2/c1-10-5-6-13(7-11(10)2)12(3)17-15(20)9-18(4)8-14(16)19/h5-7,12H,8-9H2,1-4H3,(H2,16,19)(H,17,20). The molecule has 0 saturated heterocycles. The van der Waals surface area contributed by atoms with Crippen LogP contribution in [0.2, 0.25) is 0 Å². The molecule has 5 heteroatoms. The van der Waals surface area contributed by atoms with Crippen molar-refractivity contribution in [3.8, 4) is 0 Å². The first-order valence-corrected chi connectivity index (χ1v) is 6.63. The molecule has 1 rings (SSSR count). The summed E-state index contributed by atoms with van der Waals surface area (Å²) in [5.41, 5.74) is 8.58. The summed E-state index contributed by atoms with van der Waals surface area (Å²) < 4.78 is 0. The fourth-order valence-corrected chi connectivity index (χ4v) is 1.97. The maximum Gasteiger partial charge on any atom is 0.234 e. The van der Waals surface area contributed by atoms with E-state index in [1.807, 2.05) is 26.0 Å². The SMILES string of the molecule is Cc1ccc(C(C)NC(=O)CN(C)CC(N)=O)cc1C. The van der Waals surface area contributed by atoms with Crippen molar-refractivity contribution >= 4 is 11.8 Å².